The van der Waals surface area contributed by atoms with E-state index >= 15 is 0 Å². The minimum atomic E-state index is 0.0894. The smallest absolute Gasteiger partial charge is 0.274 e. The molecule has 2 aliphatic rings. The molecular weight excluding hydrogens is 252 g/mol. The zero-order chi connectivity index (χ0) is 14.1. The van der Waals surface area contributed by atoms with E-state index in [1.807, 2.05) is 24.9 Å². The van der Waals surface area contributed by atoms with E-state index in [2.05, 4.69) is 10.4 Å². The van der Waals surface area contributed by atoms with E-state index in [0.29, 0.717) is 11.7 Å². The molecule has 5 heteroatoms. The fourth-order valence-corrected chi connectivity index (χ4v) is 3.45. The van der Waals surface area contributed by atoms with Crippen LogP contribution in [0.3, 0.4) is 0 Å². The SMILES string of the molecule is Cc1cc(C(=O)N2CCC(C3CCCN3)CC2)nn1C. The Kier molecular flexibility index (Phi) is 3.78. The number of aromatic nitrogens is 2. The number of nitrogens with zero attached hydrogens (tertiary/aromatic N) is 3. The number of nitrogens with one attached hydrogen (secondary N) is 1. The van der Waals surface area contributed by atoms with Crippen LogP contribution in [-0.4, -0.2) is 46.3 Å². The average molecular weight is 276 g/mol. The minimum Gasteiger partial charge on any atom is -0.337 e. The van der Waals surface area contributed by atoms with Gasteiger partial charge in [-0.1, -0.05) is 0 Å². The van der Waals surface area contributed by atoms with Gasteiger partial charge in [0, 0.05) is 31.9 Å². The summed E-state index contributed by atoms with van der Waals surface area (Å²) in [5, 5.41) is 7.89. The number of piperidine rings is 1. The molecule has 5 nitrogen and oxygen atoms in total. The van der Waals surface area contributed by atoms with Crippen LogP contribution in [0.15, 0.2) is 6.07 Å². The first-order chi connectivity index (χ1) is 9.65. The Bertz CT molecular complexity index is 463. The summed E-state index contributed by atoms with van der Waals surface area (Å²) in [7, 11) is 1.88. The quantitative estimate of drug-likeness (QED) is 0.886. The molecule has 2 aliphatic heterocycles. The summed E-state index contributed by atoms with van der Waals surface area (Å²) in [6, 6.07) is 2.57. The highest BCUT2D eigenvalue weighted by Gasteiger charge is 2.30. The molecule has 3 rings (SSSR count). The number of rotatable bonds is 2. The van der Waals surface area contributed by atoms with Gasteiger partial charge >= 0.3 is 0 Å². The van der Waals surface area contributed by atoms with Crippen molar-refractivity contribution >= 4 is 5.91 Å². The second-order valence-corrected chi connectivity index (χ2v) is 6.13. The fraction of sp³-hybridized carbons (Fsp3) is 0.733. The molecule has 1 atom stereocenters. The van der Waals surface area contributed by atoms with Crippen molar-refractivity contribution in [1.29, 1.82) is 0 Å². The molecule has 110 valence electrons. The summed E-state index contributed by atoms with van der Waals surface area (Å²) in [6.07, 6.45) is 4.85. The second kappa shape index (κ2) is 5.56. The monoisotopic (exact) mass is 276 g/mol. The van der Waals surface area contributed by atoms with Crippen molar-refractivity contribution in [3.63, 3.8) is 0 Å². The molecule has 3 heterocycles. The Labute approximate surface area is 120 Å². The van der Waals surface area contributed by atoms with Gasteiger partial charge in [0.05, 0.1) is 0 Å². The Morgan fingerprint density at radius 2 is 2.10 bits per heavy atom. The average Bonchev–Trinajstić information content (AvgIpc) is 3.09. The Balaban J connectivity index is 1.58. The van der Waals surface area contributed by atoms with E-state index in [1.54, 1.807) is 4.68 Å². The van der Waals surface area contributed by atoms with Crippen molar-refractivity contribution in [2.24, 2.45) is 13.0 Å². The van der Waals surface area contributed by atoms with Gasteiger partial charge in [-0.3, -0.25) is 9.48 Å². The van der Waals surface area contributed by atoms with Crippen molar-refractivity contribution in [3.05, 3.63) is 17.5 Å². The van der Waals surface area contributed by atoms with Crippen LogP contribution in [0.1, 0.15) is 41.9 Å². The molecule has 1 unspecified atom stereocenters. The maximum Gasteiger partial charge on any atom is 0.274 e. The first kappa shape index (κ1) is 13.6. The van der Waals surface area contributed by atoms with Crippen molar-refractivity contribution in [3.8, 4) is 0 Å². The summed E-state index contributed by atoms with van der Waals surface area (Å²) in [5.41, 5.74) is 1.61. The number of hydrogen-bond donors (Lipinski definition) is 1. The topological polar surface area (TPSA) is 50.2 Å². The molecule has 2 fully saturated rings. The molecule has 1 aromatic rings. The van der Waals surface area contributed by atoms with Crippen LogP contribution in [-0.2, 0) is 7.05 Å². The lowest BCUT2D eigenvalue weighted by atomic mass is 9.88. The third-order valence-corrected chi connectivity index (χ3v) is 4.83. The highest BCUT2D eigenvalue weighted by molar-refractivity contribution is 5.92. The van der Waals surface area contributed by atoms with Gasteiger partial charge < -0.3 is 10.2 Å². The maximum atomic E-state index is 12.4. The van der Waals surface area contributed by atoms with Gasteiger partial charge in [-0.15, -0.1) is 0 Å². The third-order valence-electron chi connectivity index (χ3n) is 4.83. The van der Waals surface area contributed by atoms with Crippen molar-refractivity contribution in [1.82, 2.24) is 20.0 Å². The summed E-state index contributed by atoms with van der Waals surface area (Å²) in [6.45, 7) is 4.88. The molecule has 0 bridgehead atoms. The first-order valence-corrected chi connectivity index (χ1v) is 7.68. The van der Waals surface area contributed by atoms with E-state index < -0.39 is 0 Å². The lowest BCUT2D eigenvalue weighted by Gasteiger charge is -2.34. The molecule has 0 aliphatic carbocycles. The van der Waals surface area contributed by atoms with E-state index in [0.717, 1.165) is 44.1 Å². The number of amides is 1. The van der Waals surface area contributed by atoms with Gasteiger partial charge in [0.2, 0.25) is 0 Å². The summed E-state index contributed by atoms with van der Waals surface area (Å²) < 4.78 is 1.77. The number of carbonyl (C=O) groups is 1. The van der Waals surface area contributed by atoms with Gasteiger partial charge in [-0.25, -0.2) is 0 Å². The van der Waals surface area contributed by atoms with Crippen LogP contribution in [0.4, 0.5) is 0 Å². The Morgan fingerprint density at radius 3 is 2.65 bits per heavy atom. The highest BCUT2D eigenvalue weighted by atomic mass is 16.2. The maximum absolute atomic E-state index is 12.4. The number of carbonyl (C=O) groups excluding carboxylic acids is 1. The zero-order valence-corrected chi connectivity index (χ0v) is 12.4. The van der Waals surface area contributed by atoms with E-state index in [4.69, 9.17) is 0 Å². The number of aryl methyl sites for hydroxylation is 2. The first-order valence-electron chi connectivity index (χ1n) is 7.68. The molecule has 2 saturated heterocycles. The lowest BCUT2D eigenvalue weighted by Crippen LogP contribution is -2.43. The summed E-state index contributed by atoms with van der Waals surface area (Å²) in [5.74, 6) is 0.832. The largest absolute Gasteiger partial charge is 0.337 e. The van der Waals surface area contributed by atoms with Crippen LogP contribution < -0.4 is 5.32 Å². The Hall–Kier alpha value is -1.36. The standard InChI is InChI=1S/C15H24N4O/c1-11-10-14(17-18(11)2)15(20)19-8-5-12(6-9-19)13-4-3-7-16-13/h10,12-13,16H,3-9H2,1-2H3. The van der Waals surface area contributed by atoms with Gasteiger partial charge in [0.1, 0.15) is 0 Å². The predicted octanol–water partition coefficient (Wildman–Crippen LogP) is 1.33. The van der Waals surface area contributed by atoms with Crippen LogP contribution >= 0.6 is 0 Å². The molecule has 1 N–H and O–H groups in total. The van der Waals surface area contributed by atoms with Gasteiger partial charge in [0.25, 0.3) is 5.91 Å². The van der Waals surface area contributed by atoms with Crippen molar-refractivity contribution in [2.75, 3.05) is 19.6 Å². The molecule has 0 aromatic carbocycles. The number of hydrogen-bond acceptors (Lipinski definition) is 3. The summed E-state index contributed by atoms with van der Waals surface area (Å²) >= 11 is 0. The zero-order valence-electron chi connectivity index (χ0n) is 12.4. The molecule has 0 spiro atoms. The van der Waals surface area contributed by atoms with Crippen LogP contribution in [0.5, 0.6) is 0 Å². The summed E-state index contributed by atoms with van der Waals surface area (Å²) in [4.78, 5) is 14.4. The molecule has 20 heavy (non-hydrogen) atoms. The van der Waals surface area contributed by atoms with E-state index in [9.17, 15) is 4.79 Å². The molecule has 1 aromatic heterocycles. The molecule has 0 saturated carbocycles. The van der Waals surface area contributed by atoms with Gasteiger partial charge in [-0.2, -0.15) is 5.10 Å². The van der Waals surface area contributed by atoms with Crippen LogP contribution in [0, 0.1) is 12.8 Å². The van der Waals surface area contributed by atoms with Gasteiger partial charge in [-0.05, 0) is 51.1 Å². The second-order valence-electron chi connectivity index (χ2n) is 6.13. The third kappa shape index (κ3) is 2.59. The van der Waals surface area contributed by atoms with E-state index in [-0.39, 0.29) is 5.91 Å². The minimum absolute atomic E-state index is 0.0894. The molecule has 1 amide bonds. The highest BCUT2D eigenvalue weighted by Crippen LogP contribution is 2.26. The van der Waals surface area contributed by atoms with E-state index in [1.165, 1.54) is 12.8 Å². The fourth-order valence-electron chi connectivity index (χ4n) is 3.45. The number of likely N-dealkylation sites (tertiary alicyclic amines) is 1. The van der Waals surface area contributed by atoms with Crippen LogP contribution in [0.2, 0.25) is 0 Å². The normalized spacial score (nSPS) is 24.3. The predicted molar refractivity (Wildman–Crippen MR) is 77.6 cm³/mol. The molecular formula is C15H24N4O. The van der Waals surface area contributed by atoms with Crippen molar-refractivity contribution < 1.29 is 4.79 Å². The van der Waals surface area contributed by atoms with Crippen LogP contribution in [0.25, 0.3) is 0 Å². The van der Waals surface area contributed by atoms with Gasteiger partial charge in [0.15, 0.2) is 5.69 Å². The molecule has 0 radical (unpaired) electrons. The van der Waals surface area contributed by atoms with Crippen molar-refractivity contribution in [2.45, 2.75) is 38.6 Å². The lowest BCUT2D eigenvalue weighted by molar-refractivity contribution is 0.0667. The Morgan fingerprint density at radius 1 is 1.35 bits per heavy atom.